The maximum Gasteiger partial charge on any atom is 0.142 e. The molecule has 0 aliphatic carbocycles. The molecule has 3 rings (SSSR count). The summed E-state index contributed by atoms with van der Waals surface area (Å²) < 4.78 is 7.60. The van der Waals surface area contributed by atoms with Crippen LogP contribution in [0, 0.1) is 13.8 Å². The molecule has 0 radical (unpaired) electrons. The lowest BCUT2D eigenvalue weighted by Gasteiger charge is -2.13. The maximum absolute atomic E-state index is 6.10. The van der Waals surface area contributed by atoms with Crippen LogP contribution in [-0.4, -0.2) is 16.7 Å². The molecule has 3 aromatic rings. The Balaban J connectivity index is 2.38. The highest BCUT2D eigenvalue weighted by molar-refractivity contribution is 6.17. The highest BCUT2D eigenvalue weighted by Crippen LogP contribution is 2.30. The zero-order valence-corrected chi connectivity index (χ0v) is 13.1. The van der Waals surface area contributed by atoms with E-state index in [2.05, 4.69) is 41.6 Å². The number of nitrogens with zero attached hydrogens (tertiary/aromatic N) is 2. The van der Waals surface area contributed by atoms with E-state index in [1.165, 1.54) is 11.1 Å². The van der Waals surface area contributed by atoms with E-state index in [1.807, 2.05) is 18.2 Å². The van der Waals surface area contributed by atoms with E-state index in [0.717, 1.165) is 28.3 Å². The fraction of sp³-hybridized carbons (Fsp3) is 0.235. The number of hydrogen-bond donors (Lipinski definition) is 0. The van der Waals surface area contributed by atoms with Gasteiger partial charge < -0.3 is 4.74 Å². The van der Waals surface area contributed by atoms with Gasteiger partial charge in [0.2, 0.25) is 0 Å². The van der Waals surface area contributed by atoms with Crippen LogP contribution in [0.25, 0.3) is 16.7 Å². The van der Waals surface area contributed by atoms with Gasteiger partial charge in [0.25, 0.3) is 0 Å². The summed E-state index contributed by atoms with van der Waals surface area (Å²) in [4.78, 5) is 4.63. The zero-order valence-electron chi connectivity index (χ0n) is 12.4. The number of methoxy groups -OCH3 is 1. The Morgan fingerprint density at radius 1 is 1.10 bits per heavy atom. The average Bonchev–Trinajstić information content (AvgIpc) is 2.84. The summed E-state index contributed by atoms with van der Waals surface area (Å²) in [5.74, 6) is 1.99. The fourth-order valence-corrected chi connectivity index (χ4v) is 2.75. The van der Waals surface area contributed by atoms with E-state index in [1.54, 1.807) is 7.11 Å². The molecule has 0 saturated carbocycles. The first-order chi connectivity index (χ1) is 10.1. The Morgan fingerprint density at radius 3 is 2.52 bits per heavy atom. The molecule has 0 spiro atoms. The Kier molecular flexibility index (Phi) is 3.60. The first-order valence-corrected chi connectivity index (χ1v) is 7.36. The Hall–Kier alpha value is -2.00. The molecule has 2 aromatic carbocycles. The molecule has 0 aliphatic rings. The zero-order chi connectivity index (χ0) is 15.0. The van der Waals surface area contributed by atoms with Crippen molar-refractivity contribution >= 4 is 22.6 Å². The van der Waals surface area contributed by atoms with E-state index in [-0.39, 0.29) is 0 Å². The van der Waals surface area contributed by atoms with Crippen LogP contribution in [0.1, 0.15) is 17.0 Å². The summed E-state index contributed by atoms with van der Waals surface area (Å²) in [6.45, 7) is 4.14. The smallest absolute Gasteiger partial charge is 0.142 e. The predicted octanol–water partition coefficient (Wildman–Crippen LogP) is 4.39. The van der Waals surface area contributed by atoms with Crippen LogP contribution in [0.3, 0.4) is 0 Å². The van der Waals surface area contributed by atoms with Crippen LogP contribution in [-0.2, 0) is 5.88 Å². The molecule has 0 atom stereocenters. The Labute approximate surface area is 129 Å². The number of fused-ring (bicyclic) bond motifs is 1. The van der Waals surface area contributed by atoms with E-state index < -0.39 is 0 Å². The van der Waals surface area contributed by atoms with Crippen molar-refractivity contribution in [3.8, 4) is 11.4 Å². The molecule has 4 heteroatoms. The second kappa shape index (κ2) is 5.41. The molecular formula is C17H17ClN2O. The van der Waals surface area contributed by atoms with Crippen LogP contribution >= 0.6 is 11.6 Å². The summed E-state index contributed by atoms with van der Waals surface area (Å²) in [6, 6.07) is 12.3. The largest absolute Gasteiger partial charge is 0.495 e. The van der Waals surface area contributed by atoms with Crippen molar-refractivity contribution in [2.75, 3.05) is 7.11 Å². The number of imidazole rings is 1. The van der Waals surface area contributed by atoms with Gasteiger partial charge in [0.1, 0.15) is 11.6 Å². The average molecular weight is 301 g/mol. The predicted molar refractivity (Wildman–Crippen MR) is 86.7 cm³/mol. The highest BCUT2D eigenvalue weighted by atomic mass is 35.5. The third-order valence-corrected chi connectivity index (χ3v) is 3.81. The molecule has 0 unspecified atom stereocenters. The minimum atomic E-state index is 0.352. The van der Waals surface area contributed by atoms with Crippen LogP contribution < -0.4 is 4.74 Å². The SMILES string of the molecule is COc1ccc(C)cc1-n1c(CCl)nc2ccc(C)cc21. The van der Waals surface area contributed by atoms with E-state index in [9.17, 15) is 0 Å². The second-order valence-electron chi connectivity index (χ2n) is 5.16. The van der Waals surface area contributed by atoms with Gasteiger partial charge in [-0.3, -0.25) is 4.57 Å². The normalized spacial score (nSPS) is 11.0. The van der Waals surface area contributed by atoms with Gasteiger partial charge in [-0.15, -0.1) is 11.6 Å². The topological polar surface area (TPSA) is 27.1 Å². The molecule has 0 amide bonds. The van der Waals surface area contributed by atoms with Crippen molar-refractivity contribution in [3.05, 3.63) is 53.3 Å². The van der Waals surface area contributed by atoms with Gasteiger partial charge in [-0.25, -0.2) is 4.98 Å². The first kappa shape index (κ1) is 14.0. The molecule has 0 aliphatic heterocycles. The van der Waals surface area contributed by atoms with Crippen LogP contribution in [0.4, 0.5) is 0 Å². The molecule has 0 fully saturated rings. The fourth-order valence-electron chi connectivity index (χ4n) is 2.57. The Morgan fingerprint density at radius 2 is 1.81 bits per heavy atom. The summed E-state index contributed by atoms with van der Waals surface area (Å²) in [5.41, 5.74) is 5.33. The van der Waals surface area contributed by atoms with E-state index in [0.29, 0.717) is 5.88 Å². The van der Waals surface area contributed by atoms with Gasteiger partial charge in [0.05, 0.1) is 29.7 Å². The maximum atomic E-state index is 6.10. The standard InChI is InChI=1S/C17H17ClN2O/c1-11-4-6-13-14(8-11)20(17(10-18)19-13)15-9-12(2)5-7-16(15)21-3/h4-9H,10H2,1-3H3. The van der Waals surface area contributed by atoms with Gasteiger partial charge in [-0.1, -0.05) is 12.1 Å². The number of benzene rings is 2. The number of hydrogen-bond acceptors (Lipinski definition) is 2. The molecule has 0 saturated heterocycles. The number of aromatic nitrogens is 2. The van der Waals surface area contributed by atoms with Gasteiger partial charge in [0, 0.05) is 0 Å². The minimum absolute atomic E-state index is 0.352. The monoisotopic (exact) mass is 300 g/mol. The summed E-state index contributed by atoms with van der Waals surface area (Å²) in [5, 5.41) is 0. The van der Waals surface area contributed by atoms with Crippen molar-refractivity contribution in [1.29, 1.82) is 0 Å². The summed E-state index contributed by atoms with van der Waals surface area (Å²) >= 11 is 6.10. The third-order valence-electron chi connectivity index (χ3n) is 3.57. The molecule has 0 bridgehead atoms. The van der Waals surface area contributed by atoms with Crippen LogP contribution in [0.5, 0.6) is 5.75 Å². The number of aryl methyl sites for hydroxylation is 2. The molecule has 1 heterocycles. The molecule has 3 nitrogen and oxygen atoms in total. The Bertz CT molecular complexity index is 808. The highest BCUT2D eigenvalue weighted by Gasteiger charge is 2.15. The molecule has 0 N–H and O–H groups in total. The summed E-state index contributed by atoms with van der Waals surface area (Å²) in [6.07, 6.45) is 0. The molecule has 108 valence electrons. The van der Waals surface area contributed by atoms with Gasteiger partial charge in [0.15, 0.2) is 0 Å². The van der Waals surface area contributed by atoms with Gasteiger partial charge >= 0.3 is 0 Å². The van der Waals surface area contributed by atoms with Crippen molar-refractivity contribution in [1.82, 2.24) is 9.55 Å². The number of ether oxygens (including phenoxy) is 1. The third kappa shape index (κ3) is 2.38. The minimum Gasteiger partial charge on any atom is -0.495 e. The molecule has 21 heavy (non-hydrogen) atoms. The van der Waals surface area contributed by atoms with Gasteiger partial charge in [-0.2, -0.15) is 0 Å². The second-order valence-corrected chi connectivity index (χ2v) is 5.43. The summed E-state index contributed by atoms with van der Waals surface area (Å²) in [7, 11) is 1.68. The lowest BCUT2D eigenvalue weighted by atomic mass is 10.2. The molecule has 1 aromatic heterocycles. The van der Waals surface area contributed by atoms with Gasteiger partial charge in [-0.05, 0) is 49.2 Å². The number of alkyl halides is 1. The number of rotatable bonds is 3. The molecular weight excluding hydrogens is 284 g/mol. The van der Waals surface area contributed by atoms with E-state index in [4.69, 9.17) is 16.3 Å². The lowest BCUT2D eigenvalue weighted by Crippen LogP contribution is -2.02. The van der Waals surface area contributed by atoms with Crippen molar-refractivity contribution in [3.63, 3.8) is 0 Å². The first-order valence-electron chi connectivity index (χ1n) is 6.83. The van der Waals surface area contributed by atoms with Crippen LogP contribution in [0.2, 0.25) is 0 Å². The van der Waals surface area contributed by atoms with Crippen molar-refractivity contribution < 1.29 is 4.74 Å². The van der Waals surface area contributed by atoms with Crippen molar-refractivity contribution in [2.45, 2.75) is 19.7 Å². The lowest BCUT2D eigenvalue weighted by molar-refractivity contribution is 0.413. The van der Waals surface area contributed by atoms with Crippen molar-refractivity contribution in [2.24, 2.45) is 0 Å². The van der Waals surface area contributed by atoms with E-state index >= 15 is 0 Å². The number of halogens is 1. The van der Waals surface area contributed by atoms with Crippen LogP contribution in [0.15, 0.2) is 36.4 Å². The quantitative estimate of drug-likeness (QED) is 0.671.